The van der Waals surface area contributed by atoms with Gasteiger partial charge in [0.1, 0.15) is 30.7 Å². The number of nitrogens with zero attached hydrogens (tertiary/aromatic N) is 1. The van der Waals surface area contributed by atoms with E-state index in [0.717, 1.165) is 25.9 Å². The molecule has 2 unspecified atom stereocenters. The molecule has 12 heteroatoms. The molecule has 0 aliphatic carbocycles. The summed E-state index contributed by atoms with van der Waals surface area (Å²) >= 11 is 0. The molecular weight excluding hydrogens is 575 g/mol. The van der Waals surface area contributed by atoms with Crippen LogP contribution < -0.4 is 10.4 Å². The van der Waals surface area contributed by atoms with Crippen molar-refractivity contribution in [1.29, 1.82) is 0 Å². The van der Waals surface area contributed by atoms with Gasteiger partial charge in [0.15, 0.2) is 12.1 Å². The summed E-state index contributed by atoms with van der Waals surface area (Å²) in [6, 6.07) is 19.8. The lowest BCUT2D eigenvalue weighted by Crippen LogP contribution is -2.65. The number of rotatable bonds is 8. The number of hydrogen-bond donors (Lipinski definition) is 1. The third-order valence-electron chi connectivity index (χ3n) is 7.67. The fourth-order valence-electron chi connectivity index (χ4n) is 5.52. The van der Waals surface area contributed by atoms with Gasteiger partial charge in [0.25, 0.3) is 0 Å². The van der Waals surface area contributed by atoms with Crippen molar-refractivity contribution < 1.29 is 50.7 Å². The van der Waals surface area contributed by atoms with Crippen LogP contribution in [0.5, 0.6) is 0 Å². The number of Topliss-reactive ketones (excluding diaryl/α,β-unsaturated/α-hetero) is 1. The Morgan fingerprint density at radius 3 is 2.09 bits per heavy atom. The van der Waals surface area contributed by atoms with Crippen LogP contribution in [-0.2, 0) is 14.3 Å². The zero-order valence-electron chi connectivity index (χ0n) is 22.9. The molecule has 3 aromatic carbocycles. The molecule has 3 heterocycles. The monoisotopic (exact) mass is 604 g/mol. The zero-order chi connectivity index (χ0) is 31.2. The van der Waals surface area contributed by atoms with Crippen LogP contribution in [0.1, 0.15) is 34.8 Å². The summed E-state index contributed by atoms with van der Waals surface area (Å²) in [5.74, 6) is -4.16. The number of esters is 1. The summed E-state index contributed by atoms with van der Waals surface area (Å²) in [7, 11) is 0. The van der Waals surface area contributed by atoms with Crippen LogP contribution in [-0.4, -0.2) is 60.7 Å². The Morgan fingerprint density at radius 2 is 1.51 bits per heavy atom. The topological polar surface area (TPSA) is 95.5 Å². The number of ketones is 1. The van der Waals surface area contributed by atoms with Crippen molar-refractivity contribution in [3.05, 3.63) is 102 Å². The molecule has 43 heavy (non-hydrogen) atoms. The van der Waals surface area contributed by atoms with Crippen LogP contribution in [0.15, 0.2) is 78.9 Å². The van der Waals surface area contributed by atoms with Crippen LogP contribution in [0.4, 0.5) is 27.6 Å². The molecule has 1 N–H and O–H groups in total. The van der Waals surface area contributed by atoms with Crippen molar-refractivity contribution in [2.24, 2.45) is 5.92 Å². The molecule has 2 bridgehead atoms. The third kappa shape index (κ3) is 8.38. The van der Waals surface area contributed by atoms with Crippen LogP contribution in [0.25, 0.3) is 0 Å². The van der Waals surface area contributed by atoms with Gasteiger partial charge in [0.2, 0.25) is 5.78 Å². The molecule has 228 valence electrons. The Hall–Kier alpha value is -4.32. The molecule has 0 amide bonds. The molecule has 3 aliphatic heterocycles. The number of ether oxygens (including phenoxy) is 1. The second-order valence-corrected chi connectivity index (χ2v) is 10.7. The van der Waals surface area contributed by atoms with Crippen LogP contribution >= 0.6 is 0 Å². The summed E-state index contributed by atoms with van der Waals surface area (Å²) in [6.45, 7) is 2.71. The normalized spacial score (nSPS) is 21.6. The first kappa shape index (κ1) is 31.6. The number of fused-ring (bicyclic) bond motifs is 3. The Morgan fingerprint density at radius 1 is 0.907 bits per heavy atom. The number of benzene rings is 3. The van der Waals surface area contributed by atoms with Gasteiger partial charge < -0.3 is 24.4 Å². The number of carboxylic acid groups (broad SMARTS) is 1. The molecule has 0 radical (unpaired) electrons. The average Bonchev–Trinajstić information content (AvgIpc) is 2.96. The van der Waals surface area contributed by atoms with E-state index in [1.807, 2.05) is 30.3 Å². The largest absolute Gasteiger partial charge is 0.542 e. The SMILES string of the molecule is O=C(C[N+]12CCC(CC1)C(OC(=O)C(Nc1cccc(F)c1)c1cccc(F)c1)C2)c1ccccc1.O=C([O-])C(F)(F)F. The Bertz CT molecular complexity index is 1440. The van der Waals surface area contributed by atoms with E-state index >= 15 is 0 Å². The van der Waals surface area contributed by atoms with Gasteiger partial charge in [0, 0.05) is 30.0 Å². The Labute approximate surface area is 244 Å². The van der Waals surface area contributed by atoms with E-state index in [1.165, 1.54) is 36.4 Å². The molecular formula is C31H29F5N2O5. The predicted octanol–water partition coefficient (Wildman–Crippen LogP) is 4.45. The zero-order valence-corrected chi connectivity index (χ0v) is 22.9. The van der Waals surface area contributed by atoms with Gasteiger partial charge in [-0.1, -0.05) is 48.5 Å². The number of carboxylic acids is 1. The van der Waals surface area contributed by atoms with Crippen LogP contribution in [0.2, 0.25) is 0 Å². The lowest BCUT2D eigenvalue weighted by atomic mass is 9.82. The first-order valence-corrected chi connectivity index (χ1v) is 13.5. The van der Waals surface area contributed by atoms with E-state index < -0.39 is 35.8 Å². The highest BCUT2D eigenvalue weighted by Gasteiger charge is 2.49. The number of carbonyl (C=O) groups is 3. The number of aliphatic carboxylic acids is 1. The second-order valence-electron chi connectivity index (χ2n) is 10.7. The van der Waals surface area contributed by atoms with E-state index in [9.17, 15) is 31.5 Å². The van der Waals surface area contributed by atoms with Crippen LogP contribution in [0.3, 0.4) is 0 Å². The number of anilines is 1. The Balaban J connectivity index is 0.000000541. The van der Waals surface area contributed by atoms with E-state index in [4.69, 9.17) is 14.6 Å². The van der Waals surface area contributed by atoms with Crippen molar-refractivity contribution >= 4 is 23.4 Å². The van der Waals surface area contributed by atoms with Gasteiger partial charge in [0.05, 0.1) is 13.1 Å². The molecule has 0 saturated carbocycles. The van der Waals surface area contributed by atoms with Crippen molar-refractivity contribution in [2.45, 2.75) is 31.2 Å². The van der Waals surface area contributed by atoms with E-state index in [2.05, 4.69) is 5.32 Å². The predicted molar refractivity (Wildman–Crippen MR) is 143 cm³/mol. The minimum atomic E-state index is -5.19. The number of piperidine rings is 3. The smallest absolute Gasteiger partial charge is 0.430 e. The van der Waals surface area contributed by atoms with Gasteiger partial charge in [-0.05, 0) is 35.9 Å². The van der Waals surface area contributed by atoms with Crippen molar-refractivity contribution in [2.75, 3.05) is 31.5 Å². The lowest BCUT2D eigenvalue weighted by molar-refractivity contribution is -0.938. The minimum Gasteiger partial charge on any atom is -0.542 e. The molecule has 6 rings (SSSR count). The first-order valence-electron chi connectivity index (χ1n) is 13.5. The molecule has 7 nitrogen and oxygen atoms in total. The number of nitrogens with one attached hydrogen (secondary N) is 1. The maximum Gasteiger partial charge on any atom is 0.430 e. The first-order chi connectivity index (χ1) is 20.3. The second kappa shape index (κ2) is 13.3. The van der Waals surface area contributed by atoms with E-state index in [-0.39, 0.29) is 17.8 Å². The summed E-state index contributed by atoms with van der Waals surface area (Å²) < 4.78 is 66.0. The molecule has 0 aromatic heterocycles. The van der Waals surface area contributed by atoms with Gasteiger partial charge >= 0.3 is 12.1 Å². The molecule has 3 saturated heterocycles. The highest BCUT2D eigenvalue weighted by molar-refractivity contribution is 5.97. The Kier molecular flexibility index (Phi) is 9.80. The molecule has 3 aromatic rings. The maximum atomic E-state index is 14.0. The van der Waals surface area contributed by atoms with E-state index in [1.54, 1.807) is 12.1 Å². The standard InChI is InChI=1S/C29H29F2N2O3.C2HF3O2/c30-23-9-4-8-22(16-23)28(32-25-11-5-10-24(31)17-25)29(35)36-27-19-33(14-12-21(27)13-15-33)18-26(34)20-6-2-1-3-7-20;3-2(4,5)1(6)7/h1-11,16-17,21,27-28,32H,12-15,18-19H2;(H,6,7)/q+1;/p-1. The number of carbonyl (C=O) groups excluding carboxylic acids is 3. The summed E-state index contributed by atoms with van der Waals surface area (Å²) in [4.78, 5) is 35.2. The van der Waals surface area contributed by atoms with Crippen molar-refractivity contribution in [3.63, 3.8) is 0 Å². The molecule has 0 spiro atoms. The van der Waals surface area contributed by atoms with Gasteiger partial charge in [-0.25, -0.2) is 13.6 Å². The third-order valence-corrected chi connectivity index (χ3v) is 7.67. The lowest BCUT2D eigenvalue weighted by Gasteiger charge is -2.51. The summed E-state index contributed by atoms with van der Waals surface area (Å²) in [6.07, 6.45) is -3.78. The molecule has 3 fully saturated rings. The number of halogens is 5. The molecule has 2 atom stereocenters. The van der Waals surface area contributed by atoms with Gasteiger partial charge in [-0.2, -0.15) is 13.2 Å². The number of alkyl halides is 3. The van der Waals surface area contributed by atoms with Crippen LogP contribution in [0, 0.1) is 17.6 Å². The highest BCUT2D eigenvalue weighted by atomic mass is 19.4. The summed E-state index contributed by atoms with van der Waals surface area (Å²) in [5, 5.41) is 11.8. The quantitative estimate of drug-likeness (QED) is 0.177. The average molecular weight is 605 g/mol. The minimum absolute atomic E-state index is 0.0893. The number of quaternary nitrogens is 1. The fourth-order valence-corrected chi connectivity index (χ4v) is 5.52. The number of hydrogen-bond acceptors (Lipinski definition) is 6. The van der Waals surface area contributed by atoms with Gasteiger partial charge in [-0.3, -0.25) is 4.79 Å². The van der Waals surface area contributed by atoms with Crippen molar-refractivity contribution in [1.82, 2.24) is 0 Å². The summed E-state index contributed by atoms with van der Waals surface area (Å²) in [5.41, 5.74) is 1.48. The highest BCUT2D eigenvalue weighted by Crippen LogP contribution is 2.37. The fraction of sp³-hybridized carbons (Fsp3) is 0.323. The molecule has 3 aliphatic rings. The van der Waals surface area contributed by atoms with Gasteiger partial charge in [-0.15, -0.1) is 0 Å². The maximum absolute atomic E-state index is 14.0. The van der Waals surface area contributed by atoms with E-state index in [0.29, 0.717) is 34.4 Å². The van der Waals surface area contributed by atoms with Crippen molar-refractivity contribution in [3.8, 4) is 0 Å².